The van der Waals surface area contributed by atoms with Crippen LogP contribution in [0.1, 0.15) is 112 Å². The first-order valence-electron chi connectivity index (χ1n) is 13.6. The Morgan fingerprint density at radius 2 is 1.75 bits per heavy atom. The minimum absolute atomic E-state index is 0.0475. The van der Waals surface area contributed by atoms with Crippen molar-refractivity contribution in [2.75, 3.05) is 0 Å². The van der Waals surface area contributed by atoms with Crippen LogP contribution in [0.25, 0.3) is 0 Å². The molecule has 180 valence electrons. The van der Waals surface area contributed by atoms with E-state index >= 15 is 0 Å². The highest BCUT2D eigenvalue weighted by Crippen LogP contribution is 2.66. The van der Waals surface area contributed by atoms with Gasteiger partial charge >= 0.3 is 5.97 Å². The number of hydrogen-bond donors (Lipinski definition) is 0. The number of ketones is 1. The Labute approximate surface area is 196 Å². The fourth-order valence-electron chi connectivity index (χ4n) is 8.73. The fraction of sp³-hybridized carbons (Fsp3) is 0.862. The summed E-state index contributed by atoms with van der Waals surface area (Å²) < 4.78 is 6.10. The van der Waals surface area contributed by atoms with E-state index < -0.39 is 0 Å². The van der Waals surface area contributed by atoms with Crippen LogP contribution in [0.15, 0.2) is 11.6 Å². The van der Waals surface area contributed by atoms with E-state index in [9.17, 15) is 9.59 Å². The zero-order valence-corrected chi connectivity index (χ0v) is 21.3. The van der Waals surface area contributed by atoms with E-state index in [0.717, 1.165) is 69.6 Å². The molecule has 0 heterocycles. The molecule has 0 aromatic rings. The van der Waals surface area contributed by atoms with E-state index in [1.165, 1.54) is 19.3 Å². The maximum Gasteiger partial charge on any atom is 0.309 e. The fourth-order valence-corrected chi connectivity index (χ4v) is 8.73. The van der Waals surface area contributed by atoms with Gasteiger partial charge in [0.1, 0.15) is 11.9 Å². The van der Waals surface area contributed by atoms with Gasteiger partial charge in [0, 0.05) is 12.3 Å². The number of carbonyl (C=O) groups excluding carboxylic acids is 2. The van der Waals surface area contributed by atoms with Crippen LogP contribution < -0.4 is 0 Å². The molecule has 4 aliphatic carbocycles. The van der Waals surface area contributed by atoms with Gasteiger partial charge in [0.05, 0.1) is 5.92 Å². The molecule has 0 saturated heterocycles. The monoisotopic (exact) mass is 442 g/mol. The number of carbonyl (C=O) groups is 2. The van der Waals surface area contributed by atoms with E-state index in [0.29, 0.717) is 11.7 Å². The molecule has 0 amide bonds. The third-order valence-corrected chi connectivity index (χ3v) is 10.4. The first-order chi connectivity index (χ1) is 15.2. The number of fused-ring (bicyclic) bond motifs is 5. The summed E-state index contributed by atoms with van der Waals surface area (Å²) >= 11 is 0. The Morgan fingerprint density at radius 3 is 2.41 bits per heavy atom. The molecule has 0 aliphatic heterocycles. The Bertz CT molecular complexity index is 748. The smallest absolute Gasteiger partial charge is 0.309 e. The Morgan fingerprint density at radius 1 is 1.03 bits per heavy atom. The number of rotatable bonds is 7. The highest BCUT2D eigenvalue weighted by atomic mass is 16.5. The van der Waals surface area contributed by atoms with Gasteiger partial charge in [0.15, 0.2) is 0 Å². The van der Waals surface area contributed by atoms with Crippen LogP contribution in [0.3, 0.4) is 0 Å². The first-order valence-corrected chi connectivity index (χ1v) is 13.6. The van der Waals surface area contributed by atoms with E-state index in [-0.39, 0.29) is 34.7 Å². The molecular formula is C29H46O3. The van der Waals surface area contributed by atoms with Gasteiger partial charge in [-0.1, -0.05) is 52.2 Å². The largest absolute Gasteiger partial charge is 0.462 e. The molecule has 0 aromatic heterocycles. The van der Waals surface area contributed by atoms with Crippen LogP contribution in [0, 0.1) is 40.4 Å². The van der Waals surface area contributed by atoms with Crippen LogP contribution in [0.2, 0.25) is 0 Å². The van der Waals surface area contributed by atoms with Crippen LogP contribution in [0.4, 0.5) is 0 Å². The van der Waals surface area contributed by atoms with Gasteiger partial charge in [-0.15, -0.1) is 0 Å². The topological polar surface area (TPSA) is 43.4 Å². The van der Waals surface area contributed by atoms with Crippen molar-refractivity contribution in [1.29, 1.82) is 0 Å². The number of Topliss-reactive ketones (excluding diaryl/α,β-unsaturated/α-hetero) is 1. The molecule has 0 unspecified atom stereocenters. The summed E-state index contributed by atoms with van der Waals surface area (Å²) in [6.45, 7) is 11.1. The quantitative estimate of drug-likeness (QED) is 0.307. The SMILES string of the molecule is CCCC(CCC)C(=O)O[C@H]1CC[C@@]2(C)C(=CC[C@H]3[C@@H]4CC[C@H](C(C)=O)[C@@]4(C)CC[C@@H]32)C1. The molecule has 7 atom stereocenters. The Kier molecular flexibility index (Phi) is 6.95. The molecule has 3 nitrogen and oxygen atoms in total. The van der Waals surface area contributed by atoms with Crippen LogP contribution >= 0.6 is 0 Å². The molecule has 4 aliphatic rings. The highest BCUT2D eigenvalue weighted by Gasteiger charge is 2.59. The molecule has 32 heavy (non-hydrogen) atoms. The van der Waals surface area contributed by atoms with Crippen molar-refractivity contribution in [3.05, 3.63) is 11.6 Å². The van der Waals surface area contributed by atoms with Crippen LogP contribution in [0.5, 0.6) is 0 Å². The molecule has 0 radical (unpaired) electrons. The third kappa shape index (κ3) is 4.00. The lowest BCUT2D eigenvalue weighted by atomic mass is 9.47. The summed E-state index contributed by atoms with van der Waals surface area (Å²) in [5.41, 5.74) is 2.04. The van der Waals surface area contributed by atoms with E-state index in [2.05, 4.69) is 33.8 Å². The van der Waals surface area contributed by atoms with Crippen molar-refractivity contribution in [1.82, 2.24) is 0 Å². The van der Waals surface area contributed by atoms with Crippen molar-refractivity contribution in [2.24, 2.45) is 40.4 Å². The zero-order chi connectivity index (χ0) is 23.1. The third-order valence-electron chi connectivity index (χ3n) is 10.4. The summed E-state index contributed by atoms with van der Waals surface area (Å²) in [7, 11) is 0. The number of allylic oxidation sites excluding steroid dienone is 1. The average molecular weight is 443 g/mol. The maximum atomic E-state index is 12.8. The van der Waals surface area contributed by atoms with Crippen LogP contribution in [-0.2, 0) is 14.3 Å². The Balaban J connectivity index is 1.46. The second-order valence-electron chi connectivity index (χ2n) is 12.1. The van der Waals surface area contributed by atoms with Gasteiger partial charge in [-0.2, -0.15) is 0 Å². The average Bonchev–Trinajstić information content (AvgIpc) is 3.11. The van der Waals surface area contributed by atoms with Crippen molar-refractivity contribution >= 4 is 11.8 Å². The molecule has 0 aromatic carbocycles. The molecule has 3 heteroatoms. The van der Waals surface area contributed by atoms with E-state index in [1.54, 1.807) is 5.57 Å². The summed E-state index contributed by atoms with van der Waals surface area (Å²) in [5.74, 6) is 2.98. The predicted molar refractivity (Wildman–Crippen MR) is 129 cm³/mol. The number of esters is 1. The molecule has 0 N–H and O–H groups in total. The minimum atomic E-state index is 0.0475. The maximum absolute atomic E-state index is 12.8. The van der Waals surface area contributed by atoms with Gasteiger partial charge < -0.3 is 4.74 Å². The van der Waals surface area contributed by atoms with Crippen molar-refractivity contribution in [3.63, 3.8) is 0 Å². The van der Waals surface area contributed by atoms with Gasteiger partial charge in [-0.25, -0.2) is 0 Å². The second kappa shape index (κ2) is 9.26. The van der Waals surface area contributed by atoms with E-state index in [4.69, 9.17) is 4.74 Å². The van der Waals surface area contributed by atoms with Gasteiger partial charge in [-0.3, -0.25) is 9.59 Å². The van der Waals surface area contributed by atoms with Gasteiger partial charge in [-0.05, 0) is 93.3 Å². The van der Waals surface area contributed by atoms with Crippen molar-refractivity contribution in [3.8, 4) is 0 Å². The summed E-state index contributed by atoms with van der Waals surface area (Å²) in [6, 6.07) is 0. The normalized spacial score (nSPS) is 40.8. The standard InChI is InChI=1S/C29H46O3/c1-6-8-20(9-7-2)27(31)32-22-14-16-28(4)21(18-22)10-11-23-25-13-12-24(19(3)30)29(25,5)17-15-26(23)28/h10,20,22-26H,6-9,11-18H2,1-5H3/t22-,23-,24+,25-,26-,28-,29+/m0/s1. The van der Waals surface area contributed by atoms with Gasteiger partial charge in [0.25, 0.3) is 0 Å². The van der Waals surface area contributed by atoms with Crippen LogP contribution in [-0.4, -0.2) is 17.9 Å². The predicted octanol–water partition coefficient (Wildman–Crippen LogP) is 7.28. The lowest BCUT2D eigenvalue weighted by molar-refractivity contribution is -0.157. The minimum Gasteiger partial charge on any atom is -0.462 e. The number of ether oxygens (including phenoxy) is 1. The second-order valence-corrected chi connectivity index (χ2v) is 12.1. The lowest BCUT2D eigenvalue weighted by Gasteiger charge is -2.58. The summed E-state index contributed by atoms with van der Waals surface area (Å²) in [6.07, 6.45) is 15.6. The summed E-state index contributed by atoms with van der Waals surface area (Å²) in [4.78, 5) is 25.2. The molecule has 4 rings (SSSR count). The van der Waals surface area contributed by atoms with Gasteiger partial charge in [0.2, 0.25) is 0 Å². The first kappa shape index (κ1) is 24.0. The lowest BCUT2D eigenvalue weighted by Crippen LogP contribution is -2.51. The molecule has 3 fully saturated rings. The Hall–Kier alpha value is -1.12. The zero-order valence-electron chi connectivity index (χ0n) is 21.3. The molecular weight excluding hydrogens is 396 g/mol. The van der Waals surface area contributed by atoms with Crippen molar-refractivity contribution < 1.29 is 14.3 Å². The molecule has 0 bridgehead atoms. The molecule has 0 spiro atoms. The molecule has 3 saturated carbocycles. The number of hydrogen-bond acceptors (Lipinski definition) is 3. The van der Waals surface area contributed by atoms with Crippen molar-refractivity contribution in [2.45, 2.75) is 118 Å². The summed E-state index contributed by atoms with van der Waals surface area (Å²) in [5, 5.41) is 0. The van der Waals surface area contributed by atoms with E-state index in [1.807, 2.05) is 6.92 Å². The highest BCUT2D eigenvalue weighted by molar-refractivity contribution is 5.79.